The number of carbonyl (C=O) groups excluding carboxylic acids is 2. The molecule has 0 saturated heterocycles. The molecule has 0 unspecified atom stereocenters. The van der Waals surface area contributed by atoms with E-state index >= 15 is 0 Å². The van der Waals surface area contributed by atoms with Crippen molar-refractivity contribution >= 4 is 23.3 Å². The molecule has 2 aromatic carbocycles. The van der Waals surface area contributed by atoms with Crippen LogP contribution in [0.4, 0.5) is 11.4 Å². The van der Waals surface area contributed by atoms with Crippen LogP contribution in [0, 0.1) is 17.0 Å². The Kier molecular flexibility index (Phi) is 4.78. The minimum atomic E-state index is -0.775. The van der Waals surface area contributed by atoms with E-state index in [1.807, 2.05) is 0 Å². The monoisotopic (exact) mass is 330 g/mol. The zero-order chi connectivity index (χ0) is 17.9. The highest BCUT2D eigenvalue weighted by atomic mass is 16.6. The van der Waals surface area contributed by atoms with Gasteiger partial charge in [0.05, 0.1) is 17.6 Å². The predicted octanol–water partition coefficient (Wildman–Crippen LogP) is 2.65. The van der Waals surface area contributed by atoms with Gasteiger partial charge in [0.15, 0.2) is 0 Å². The summed E-state index contributed by atoms with van der Waals surface area (Å²) in [6, 6.07) is 7.73. The lowest BCUT2D eigenvalue weighted by molar-refractivity contribution is -0.385. The summed E-state index contributed by atoms with van der Waals surface area (Å²) in [5.74, 6) is -1.62. The van der Waals surface area contributed by atoms with Gasteiger partial charge in [0.25, 0.3) is 11.6 Å². The van der Waals surface area contributed by atoms with E-state index in [0.717, 1.165) is 18.2 Å². The van der Waals surface area contributed by atoms with Crippen molar-refractivity contribution in [1.29, 1.82) is 0 Å². The summed E-state index contributed by atoms with van der Waals surface area (Å²) in [6.07, 6.45) is 0. The first-order valence-corrected chi connectivity index (χ1v) is 6.81. The number of nitro benzene ring substituents is 1. The number of anilines is 1. The molecule has 0 aliphatic rings. The molecular weight excluding hydrogens is 316 g/mol. The second-order valence-corrected chi connectivity index (χ2v) is 4.93. The number of methoxy groups -OCH3 is 1. The number of ether oxygens (including phenoxy) is 1. The predicted molar refractivity (Wildman–Crippen MR) is 85.2 cm³/mol. The van der Waals surface area contributed by atoms with Crippen molar-refractivity contribution in [3.05, 3.63) is 63.2 Å². The van der Waals surface area contributed by atoms with Crippen molar-refractivity contribution in [1.82, 2.24) is 0 Å². The van der Waals surface area contributed by atoms with E-state index in [1.54, 1.807) is 13.0 Å². The van der Waals surface area contributed by atoms with Gasteiger partial charge in [-0.15, -0.1) is 0 Å². The van der Waals surface area contributed by atoms with Crippen molar-refractivity contribution in [2.24, 2.45) is 0 Å². The molecule has 124 valence electrons. The maximum atomic E-state index is 12.4. The summed E-state index contributed by atoms with van der Waals surface area (Å²) < 4.78 is 4.61. The Bertz CT molecular complexity index is 831. The van der Waals surface area contributed by atoms with Crippen LogP contribution in [0.5, 0.6) is 5.75 Å². The van der Waals surface area contributed by atoms with Crippen LogP contribution in [0.25, 0.3) is 0 Å². The standard InChI is InChI=1S/C16H14N2O6/c1-9-3-4-10(16(21)24-2)7-13(9)17-15(20)12-8-11(19)5-6-14(12)18(22)23/h3-8,19H,1-2H3,(H,17,20). The number of nitrogens with zero attached hydrogens (tertiary/aromatic N) is 1. The molecule has 0 radical (unpaired) electrons. The zero-order valence-electron chi connectivity index (χ0n) is 12.9. The molecule has 0 heterocycles. The van der Waals surface area contributed by atoms with Crippen molar-refractivity contribution in [3.8, 4) is 5.75 Å². The van der Waals surface area contributed by atoms with E-state index in [-0.39, 0.29) is 16.9 Å². The third-order valence-corrected chi connectivity index (χ3v) is 3.33. The molecule has 0 saturated carbocycles. The van der Waals surface area contributed by atoms with Crippen LogP contribution in [-0.2, 0) is 4.74 Å². The molecule has 2 rings (SSSR count). The highest BCUT2D eigenvalue weighted by molar-refractivity contribution is 6.08. The Morgan fingerprint density at radius 3 is 2.54 bits per heavy atom. The van der Waals surface area contributed by atoms with Crippen LogP contribution in [0.1, 0.15) is 26.3 Å². The third-order valence-electron chi connectivity index (χ3n) is 3.33. The van der Waals surface area contributed by atoms with E-state index in [4.69, 9.17) is 0 Å². The highest BCUT2D eigenvalue weighted by Gasteiger charge is 2.21. The average molecular weight is 330 g/mol. The average Bonchev–Trinajstić information content (AvgIpc) is 2.55. The highest BCUT2D eigenvalue weighted by Crippen LogP contribution is 2.25. The smallest absolute Gasteiger partial charge is 0.337 e. The first kappa shape index (κ1) is 16.9. The number of benzene rings is 2. The number of phenols is 1. The number of rotatable bonds is 4. The van der Waals surface area contributed by atoms with Gasteiger partial charge in [0.1, 0.15) is 11.3 Å². The second kappa shape index (κ2) is 6.78. The number of aromatic hydroxyl groups is 1. The molecule has 2 N–H and O–H groups in total. The van der Waals surface area contributed by atoms with E-state index < -0.39 is 22.5 Å². The van der Waals surface area contributed by atoms with Crippen molar-refractivity contribution < 1.29 is 24.4 Å². The first-order chi connectivity index (χ1) is 11.3. The first-order valence-electron chi connectivity index (χ1n) is 6.81. The molecule has 1 amide bonds. The number of hydrogen-bond donors (Lipinski definition) is 2. The summed E-state index contributed by atoms with van der Waals surface area (Å²) in [4.78, 5) is 34.2. The fourth-order valence-electron chi connectivity index (χ4n) is 2.06. The molecule has 0 fully saturated rings. The number of nitro groups is 1. The Labute approximate surface area is 136 Å². The number of phenolic OH excluding ortho intramolecular Hbond substituents is 1. The SMILES string of the molecule is COC(=O)c1ccc(C)c(NC(=O)c2cc(O)ccc2[N+](=O)[O-])c1. The van der Waals surface area contributed by atoms with Gasteiger partial charge in [-0.2, -0.15) is 0 Å². The van der Waals surface area contributed by atoms with Gasteiger partial charge in [0, 0.05) is 11.8 Å². The molecule has 0 spiro atoms. The molecule has 0 aliphatic carbocycles. The largest absolute Gasteiger partial charge is 0.508 e. The Balaban J connectivity index is 2.39. The normalized spacial score (nSPS) is 10.1. The van der Waals surface area contributed by atoms with Crippen LogP contribution in [0.2, 0.25) is 0 Å². The summed E-state index contributed by atoms with van der Waals surface area (Å²) in [5, 5.41) is 23.0. The van der Waals surface area contributed by atoms with Gasteiger partial charge in [-0.25, -0.2) is 4.79 Å². The fourth-order valence-corrected chi connectivity index (χ4v) is 2.06. The number of amides is 1. The minimum absolute atomic E-state index is 0.226. The topological polar surface area (TPSA) is 119 Å². The fraction of sp³-hybridized carbons (Fsp3) is 0.125. The van der Waals surface area contributed by atoms with Crippen molar-refractivity contribution in [3.63, 3.8) is 0 Å². The molecule has 0 atom stereocenters. The van der Waals surface area contributed by atoms with Crippen LogP contribution in [0.3, 0.4) is 0 Å². The number of esters is 1. The molecular formula is C16H14N2O6. The molecule has 0 aromatic heterocycles. The molecule has 8 nitrogen and oxygen atoms in total. The third kappa shape index (κ3) is 3.49. The molecule has 2 aromatic rings. The van der Waals surface area contributed by atoms with Gasteiger partial charge in [-0.05, 0) is 36.8 Å². The maximum absolute atomic E-state index is 12.4. The summed E-state index contributed by atoms with van der Waals surface area (Å²) in [7, 11) is 1.23. The second-order valence-electron chi connectivity index (χ2n) is 4.93. The van der Waals surface area contributed by atoms with Gasteiger partial charge >= 0.3 is 5.97 Å². The quantitative estimate of drug-likeness (QED) is 0.505. The maximum Gasteiger partial charge on any atom is 0.337 e. The number of hydrogen-bond acceptors (Lipinski definition) is 6. The minimum Gasteiger partial charge on any atom is -0.508 e. The van der Waals surface area contributed by atoms with Gasteiger partial charge < -0.3 is 15.2 Å². The van der Waals surface area contributed by atoms with Crippen molar-refractivity contribution in [2.45, 2.75) is 6.92 Å². The van der Waals surface area contributed by atoms with E-state index in [1.165, 1.54) is 19.2 Å². The summed E-state index contributed by atoms with van der Waals surface area (Å²) in [6.45, 7) is 1.70. The molecule has 8 heteroatoms. The number of carbonyl (C=O) groups is 2. The Morgan fingerprint density at radius 1 is 1.21 bits per heavy atom. The number of nitrogens with one attached hydrogen (secondary N) is 1. The Morgan fingerprint density at radius 2 is 1.92 bits per heavy atom. The van der Waals surface area contributed by atoms with Crippen LogP contribution >= 0.6 is 0 Å². The van der Waals surface area contributed by atoms with E-state index in [2.05, 4.69) is 10.1 Å². The lowest BCUT2D eigenvalue weighted by atomic mass is 10.1. The lowest BCUT2D eigenvalue weighted by Gasteiger charge is -2.10. The van der Waals surface area contributed by atoms with Gasteiger partial charge in [0.2, 0.25) is 0 Å². The zero-order valence-corrected chi connectivity index (χ0v) is 12.9. The van der Waals surface area contributed by atoms with Gasteiger partial charge in [-0.1, -0.05) is 6.07 Å². The van der Waals surface area contributed by atoms with E-state index in [9.17, 15) is 24.8 Å². The van der Waals surface area contributed by atoms with Crippen LogP contribution in [0.15, 0.2) is 36.4 Å². The van der Waals surface area contributed by atoms with Crippen molar-refractivity contribution in [2.75, 3.05) is 12.4 Å². The number of aryl methyl sites for hydroxylation is 1. The molecule has 0 aliphatic heterocycles. The van der Waals surface area contributed by atoms with Gasteiger partial charge in [-0.3, -0.25) is 14.9 Å². The molecule has 24 heavy (non-hydrogen) atoms. The lowest BCUT2D eigenvalue weighted by Crippen LogP contribution is -2.15. The summed E-state index contributed by atoms with van der Waals surface area (Å²) in [5.41, 5.74) is 0.457. The van der Waals surface area contributed by atoms with Crippen LogP contribution < -0.4 is 5.32 Å². The summed E-state index contributed by atoms with van der Waals surface area (Å²) >= 11 is 0. The van der Waals surface area contributed by atoms with E-state index in [0.29, 0.717) is 11.3 Å². The Hall–Kier alpha value is -3.42. The molecule has 0 bridgehead atoms. The van der Waals surface area contributed by atoms with Crippen LogP contribution in [-0.4, -0.2) is 29.0 Å².